The number of nitrogens with two attached hydrogens (primary N) is 1. The molecule has 2 N–H and O–H groups in total. The second kappa shape index (κ2) is 6.34. The van der Waals surface area contributed by atoms with E-state index in [-0.39, 0.29) is 0 Å². The molecular weight excluding hydrogens is 236 g/mol. The number of aromatic nitrogens is 1. The summed E-state index contributed by atoms with van der Waals surface area (Å²) in [5.74, 6) is 0.792. The minimum absolute atomic E-state index is 0.459. The van der Waals surface area contributed by atoms with E-state index in [0.29, 0.717) is 13.2 Å². The number of ether oxygens (including phenoxy) is 1. The minimum atomic E-state index is 0.459. The van der Waals surface area contributed by atoms with Crippen LogP contribution in [0.25, 0.3) is 11.3 Å². The van der Waals surface area contributed by atoms with Gasteiger partial charge in [-0.3, -0.25) is 4.98 Å². The van der Waals surface area contributed by atoms with Crippen LogP contribution in [0.4, 0.5) is 0 Å². The molecule has 19 heavy (non-hydrogen) atoms. The summed E-state index contributed by atoms with van der Waals surface area (Å²) in [4.78, 5) is 4.47. The van der Waals surface area contributed by atoms with Crippen LogP contribution in [-0.2, 0) is 6.54 Å². The summed E-state index contributed by atoms with van der Waals surface area (Å²) in [5, 5.41) is 0. The summed E-state index contributed by atoms with van der Waals surface area (Å²) in [7, 11) is 0. The average molecular weight is 256 g/mol. The van der Waals surface area contributed by atoms with Gasteiger partial charge in [0.2, 0.25) is 0 Å². The van der Waals surface area contributed by atoms with Crippen LogP contribution >= 0.6 is 0 Å². The third kappa shape index (κ3) is 3.32. The van der Waals surface area contributed by atoms with Gasteiger partial charge in [-0.05, 0) is 25.5 Å². The highest BCUT2D eigenvalue weighted by Gasteiger charge is 2.07. The van der Waals surface area contributed by atoms with E-state index in [1.807, 2.05) is 12.1 Å². The predicted octanol–water partition coefficient (Wildman–Crippen LogP) is 3.30. The molecule has 3 heteroatoms. The van der Waals surface area contributed by atoms with E-state index in [9.17, 15) is 0 Å². The zero-order valence-electron chi connectivity index (χ0n) is 11.5. The fourth-order valence-electron chi connectivity index (χ4n) is 1.95. The van der Waals surface area contributed by atoms with E-state index >= 15 is 0 Å². The Balaban J connectivity index is 2.33. The first-order chi connectivity index (χ1) is 9.24. The lowest BCUT2D eigenvalue weighted by molar-refractivity contribution is 0.313. The minimum Gasteiger partial charge on any atom is -0.492 e. The Morgan fingerprint density at radius 2 is 2.11 bits per heavy atom. The second-order valence-electron chi connectivity index (χ2n) is 4.60. The van der Waals surface area contributed by atoms with Gasteiger partial charge in [0.25, 0.3) is 0 Å². The predicted molar refractivity (Wildman–Crippen MR) is 78.1 cm³/mol. The van der Waals surface area contributed by atoms with Crippen molar-refractivity contribution in [3.63, 3.8) is 0 Å². The van der Waals surface area contributed by atoms with Crippen molar-refractivity contribution in [2.24, 2.45) is 5.73 Å². The van der Waals surface area contributed by atoms with Crippen LogP contribution in [0.1, 0.15) is 24.5 Å². The summed E-state index contributed by atoms with van der Waals surface area (Å²) in [6, 6.07) is 10.3. The second-order valence-corrected chi connectivity index (χ2v) is 4.60. The van der Waals surface area contributed by atoms with Crippen molar-refractivity contribution in [3.8, 4) is 17.0 Å². The lowest BCUT2D eigenvalue weighted by Gasteiger charge is -2.11. The first-order valence-electron chi connectivity index (χ1n) is 6.63. The number of pyridine rings is 1. The summed E-state index contributed by atoms with van der Waals surface area (Å²) in [6.45, 7) is 5.31. The monoisotopic (exact) mass is 256 g/mol. The van der Waals surface area contributed by atoms with Gasteiger partial charge in [-0.1, -0.05) is 30.7 Å². The van der Waals surface area contributed by atoms with Gasteiger partial charge >= 0.3 is 0 Å². The molecule has 0 aliphatic heterocycles. The number of hydrogen-bond donors (Lipinski definition) is 1. The molecule has 0 spiro atoms. The smallest absolute Gasteiger partial charge is 0.142 e. The topological polar surface area (TPSA) is 48.1 Å². The van der Waals surface area contributed by atoms with Crippen LogP contribution < -0.4 is 10.5 Å². The molecule has 0 saturated heterocycles. The lowest BCUT2D eigenvalue weighted by atomic mass is 10.1. The third-order valence-electron chi connectivity index (χ3n) is 2.94. The highest BCUT2D eigenvalue weighted by atomic mass is 16.5. The van der Waals surface area contributed by atoms with Crippen LogP contribution in [0, 0.1) is 6.92 Å². The van der Waals surface area contributed by atoms with Gasteiger partial charge in [0, 0.05) is 17.7 Å². The SMILES string of the molecule is CCCOc1cnc(-c2cccc(C)c2)cc1CN. The molecule has 1 aromatic carbocycles. The van der Waals surface area contributed by atoms with Crippen LogP contribution in [0.5, 0.6) is 5.75 Å². The van der Waals surface area contributed by atoms with E-state index in [2.05, 4.69) is 37.0 Å². The maximum atomic E-state index is 5.79. The normalized spacial score (nSPS) is 10.5. The molecule has 0 unspecified atom stereocenters. The van der Waals surface area contributed by atoms with Crippen LogP contribution in [0.3, 0.4) is 0 Å². The Morgan fingerprint density at radius 3 is 2.79 bits per heavy atom. The van der Waals surface area contributed by atoms with Crippen LogP contribution in [0.15, 0.2) is 36.5 Å². The molecule has 0 amide bonds. The summed E-state index contributed by atoms with van der Waals surface area (Å²) >= 11 is 0. The van der Waals surface area contributed by atoms with E-state index in [1.54, 1.807) is 6.20 Å². The number of rotatable bonds is 5. The number of hydrogen-bond acceptors (Lipinski definition) is 3. The van der Waals surface area contributed by atoms with Gasteiger partial charge in [0.05, 0.1) is 18.5 Å². The molecule has 2 rings (SSSR count). The van der Waals surface area contributed by atoms with Gasteiger partial charge in [0.1, 0.15) is 5.75 Å². The van der Waals surface area contributed by atoms with Crippen LogP contribution in [-0.4, -0.2) is 11.6 Å². The third-order valence-corrected chi connectivity index (χ3v) is 2.94. The van der Waals surface area contributed by atoms with Gasteiger partial charge in [-0.25, -0.2) is 0 Å². The summed E-state index contributed by atoms with van der Waals surface area (Å²) in [5.41, 5.74) is 10.1. The van der Waals surface area contributed by atoms with Crippen molar-refractivity contribution < 1.29 is 4.74 Å². The fraction of sp³-hybridized carbons (Fsp3) is 0.312. The van der Waals surface area contributed by atoms with Crippen LogP contribution in [0.2, 0.25) is 0 Å². The number of benzene rings is 1. The lowest BCUT2D eigenvalue weighted by Crippen LogP contribution is -2.04. The molecule has 0 fully saturated rings. The molecule has 2 aromatic rings. The Bertz CT molecular complexity index is 552. The molecule has 0 saturated carbocycles. The first kappa shape index (κ1) is 13.6. The fourth-order valence-corrected chi connectivity index (χ4v) is 1.95. The van der Waals surface area contributed by atoms with Gasteiger partial charge in [-0.2, -0.15) is 0 Å². The summed E-state index contributed by atoms with van der Waals surface area (Å²) < 4.78 is 5.65. The standard InChI is InChI=1S/C16H20N2O/c1-3-7-19-16-11-18-15(9-14(16)10-17)13-6-4-5-12(2)8-13/h4-6,8-9,11H,3,7,10,17H2,1-2H3. The van der Waals surface area contributed by atoms with E-state index in [0.717, 1.165) is 29.0 Å². The number of nitrogens with zero attached hydrogens (tertiary/aromatic N) is 1. The molecular formula is C16H20N2O. The maximum absolute atomic E-state index is 5.79. The molecule has 0 aliphatic rings. The van der Waals surface area contributed by atoms with Crippen molar-refractivity contribution in [1.82, 2.24) is 4.98 Å². The van der Waals surface area contributed by atoms with Gasteiger partial charge in [-0.15, -0.1) is 0 Å². The Morgan fingerprint density at radius 1 is 1.26 bits per heavy atom. The zero-order chi connectivity index (χ0) is 13.7. The van der Waals surface area contributed by atoms with Gasteiger partial charge < -0.3 is 10.5 Å². The molecule has 0 atom stereocenters. The maximum Gasteiger partial charge on any atom is 0.142 e. The summed E-state index contributed by atoms with van der Waals surface area (Å²) in [6.07, 6.45) is 2.75. The van der Waals surface area contributed by atoms with E-state index in [4.69, 9.17) is 10.5 Å². The Kier molecular flexibility index (Phi) is 4.53. The molecule has 100 valence electrons. The molecule has 1 aromatic heterocycles. The quantitative estimate of drug-likeness (QED) is 0.892. The molecule has 3 nitrogen and oxygen atoms in total. The Labute approximate surface area is 114 Å². The first-order valence-corrected chi connectivity index (χ1v) is 6.63. The van der Waals surface area contributed by atoms with Gasteiger partial charge in [0.15, 0.2) is 0 Å². The highest BCUT2D eigenvalue weighted by molar-refractivity contribution is 5.61. The largest absolute Gasteiger partial charge is 0.492 e. The molecule has 0 bridgehead atoms. The highest BCUT2D eigenvalue weighted by Crippen LogP contribution is 2.24. The van der Waals surface area contributed by atoms with Crippen molar-refractivity contribution in [2.75, 3.05) is 6.61 Å². The Hall–Kier alpha value is -1.87. The van der Waals surface area contributed by atoms with Crippen molar-refractivity contribution in [1.29, 1.82) is 0 Å². The van der Waals surface area contributed by atoms with Crippen molar-refractivity contribution in [2.45, 2.75) is 26.8 Å². The van der Waals surface area contributed by atoms with E-state index < -0.39 is 0 Å². The number of aryl methyl sites for hydroxylation is 1. The van der Waals surface area contributed by atoms with E-state index in [1.165, 1.54) is 5.56 Å². The molecule has 1 heterocycles. The van der Waals surface area contributed by atoms with Crippen molar-refractivity contribution in [3.05, 3.63) is 47.7 Å². The molecule has 0 aliphatic carbocycles. The average Bonchev–Trinajstić information content (AvgIpc) is 2.45. The van der Waals surface area contributed by atoms with Crippen molar-refractivity contribution >= 4 is 0 Å². The zero-order valence-corrected chi connectivity index (χ0v) is 11.5. The molecule has 0 radical (unpaired) electrons.